The molecule has 0 bridgehead atoms. The number of benzene rings is 1. The lowest BCUT2D eigenvalue weighted by atomic mass is 10.0. The predicted octanol–water partition coefficient (Wildman–Crippen LogP) is 3.59. The van der Waals surface area contributed by atoms with E-state index in [0.717, 1.165) is 0 Å². The van der Waals surface area contributed by atoms with Gasteiger partial charge in [0.1, 0.15) is 6.10 Å². The first-order chi connectivity index (χ1) is 7.49. The third-order valence-corrected chi connectivity index (χ3v) is 3.42. The normalized spacial score (nSPS) is 12.6. The van der Waals surface area contributed by atoms with Gasteiger partial charge in [-0.05, 0) is 34.5 Å². The number of carbonyl (C=O) groups excluding carboxylic acids is 1. The number of aliphatic hydroxyl groups excluding tert-OH is 1. The number of rotatable bonds is 4. The molecule has 0 aliphatic carbocycles. The molecule has 1 rings (SSSR count). The first-order valence-corrected chi connectivity index (χ1v) is 6.01. The minimum Gasteiger partial charge on any atom is -0.385 e. The second-order valence-electron chi connectivity index (χ2n) is 3.39. The Morgan fingerprint density at radius 1 is 1.62 bits per heavy atom. The highest BCUT2D eigenvalue weighted by molar-refractivity contribution is 9.10. The molecule has 16 heavy (non-hydrogen) atoms. The lowest BCUT2D eigenvalue weighted by Gasteiger charge is -2.10. The molecule has 0 aliphatic heterocycles. The Morgan fingerprint density at radius 3 is 2.81 bits per heavy atom. The third kappa shape index (κ3) is 2.81. The molecule has 88 valence electrons. The molecular weight excluding hydrogens is 298 g/mol. The molecule has 0 amide bonds. The summed E-state index contributed by atoms with van der Waals surface area (Å²) in [6, 6.07) is 2.80. The number of carbonyl (C=O) groups is 1. The molecule has 1 atom stereocenters. The fourth-order valence-electron chi connectivity index (χ4n) is 1.30. The summed E-state index contributed by atoms with van der Waals surface area (Å²) < 4.78 is 14.0. The summed E-state index contributed by atoms with van der Waals surface area (Å²) in [5, 5.41) is 9.34. The van der Waals surface area contributed by atoms with Crippen LogP contribution in [0.1, 0.15) is 30.1 Å². The van der Waals surface area contributed by atoms with Gasteiger partial charge in [0.2, 0.25) is 0 Å². The van der Waals surface area contributed by atoms with Gasteiger partial charge in [0.15, 0.2) is 11.6 Å². The standard InChI is InChI=1S/C11H11BrClFO2/c1-2-3-8(15)11(16)6-4-5-7(12)9(13)10(6)14/h4-5,8,15H,2-3H2,1H3. The zero-order valence-electron chi connectivity index (χ0n) is 8.64. The highest BCUT2D eigenvalue weighted by Gasteiger charge is 2.22. The largest absolute Gasteiger partial charge is 0.385 e. The lowest BCUT2D eigenvalue weighted by molar-refractivity contribution is 0.0725. The van der Waals surface area contributed by atoms with Crippen molar-refractivity contribution in [2.24, 2.45) is 0 Å². The van der Waals surface area contributed by atoms with E-state index in [1.54, 1.807) is 0 Å². The topological polar surface area (TPSA) is 37.3 Å². The van der Waals surface area contributed by atoms with Crippen molar-refractivity contribution in [3.63, 3.8) is 0 Å². The van der Waals surface area contributed by atoms with Gasteiger partial charge in [0.25, 0.3) is 0 Å². The van der Waals surface area contributed by atoms with E-state index in [2.05, 4.69) is 15.9 Å². The molecule has 1 aromatic carbocycles. The van der Waals surface area contributed by atoms with Gasteiger partial charge in [-0.15, -0.1) is 0 Å². The van der Waals surface area contributed by atoms with E-state index in [1.807, 2.05) is 6.92 Å². The highest BCUT2D eigenvalue weighted by Crippen LogP contribution is 2.28. The van der Waals surface area contributed by atoms with E-state index in [-0.39, 0.29) is 10.6 Å². The van der Waals surface area contributed by atoms with E-state index in [1.165, 1.54) is 12.1 Å². The van der Waals surface area contributed by atoms with Crippen LogP contribution in [-0.4, -0.2) is 17.0 Å². The van der Waals surface area contributed by atoms with Crippen LogP contribution in [0.15, 0.2) is 16.6 Å². The van der Waals surface area contributed by atoms with Crippen molar-refractivity contribution in [2.75, 3.05) is 0 Å². The SMILES string of the molecule is CCCC(O)C(=O)c1ccc(Br)c(Cl)c1F. The number of Topliss-reactive ketones (excluding diaryl/α,β-unsaturated/α-hetero) is 1. The zero-order chi connectivity index (χ0) is 12.3. The molecule has 0 spiro atoms. The summed E-state index contributed by atoms with van der Waals surface area (Å²) >= 11 is 8.70. The summed E-state index contributed by atoms with van der Waals surface area (Å²) in [5.41, 5.74) is -0.172. The first-order valence-electron chi connectivity index (χ1n) is 4.84. The number of hydrogen-bond acceptors (Lipinski definition) is 2. The Kier molecular flexibility index (Phi) is 4.89. The molecule has 1 unspecified atom stereocenters. The maximum absolute atomic E-state index is 13.6. The van der Waals surface area contributed by atoms with Crippen LogP contribution in [0.2, 0.25) is 5.02 Å². The van der Waals surface area contributed by atoms with Crippen molar-refractivity contribution < 1.29 is 14.3 Å². The lowest BCUT2D eigenvalue weighted by Crippen LogP contribution is -2.21. The van der Waals surface area contributed by atoms with Crippen molar-refractivity contribution in [3.8, 4) is 0 Å². The second kappa shape index (κ2) is 5.75. The van der Waals surface area contributed by atoms with E-state index in [0.29, 0.717) is 17.3 Å². The number of halogens is 3. The Hall–Kier alpha value is -0.450. The third-order valence-electron chi connectivity index (χ3n) is 2.17. The van der Waals surface area contributed by atoms with Gasteiger partial charge in [-0.25, -0.2) is 4.39 Å². The van der Waals surface area contributed by atoms with Crippen molar-refractivity contribution in [1.29, 1.82) is 0 Å². The van der Waals surface area contributed by atoms with Gasteiger partial charge in [0, 0.05) is 4.47 Å². The summed E-state index contributed by atoms with van der Waals surface area (Å²) in [6.07, 6.45) is -0.207. The van der Waals surface area contributed by atoms with Gasteiger partial charge in [-0.2, -0.15) is 0 Å². The molecule has 0 saturated carbocycles. The van der Waals surface area contributed by atoms with Crippen molar-refractivity contribution in [2.45, 2.75) is 25.9 Å². The Balaban J connectivity index is 3.05. The molecule has 1 aromatic rings. The van der Waals surface area contributed by atoms with Crippen LogP contribution in [0.3, 0.4) is 0 Å². The molecule has 5 heteroatoms. The van der Waals surface area contributed by atoms with Crippen LogP contribution in [0.4, 0.5) is 4.39 Å². The van der Waals surface area contributed by atoms with Gasteiger partial charge >= 0.3 is 0 Å². The monoisotopic (exact) mass is 308 g/mol. The fraction of sp³-hybridized carbons (Fsp3) is 0.364. The highest BCUT2D eigenvalue weighted by atomic mass is 79.9. The number of ketones is 1. The van der Waals surface area contributed by atoms with Crippen LogP contribution in [0, 0.1) is 5.82 Å². The van der Waals surface area contributed by atoms with Crippen LogP contribution < -0.4 is 0 Å². The molecule has 0 heterocycles. The molecule has 0 saturated heterocycles. The van der Waals surface area contributed by atoms with Gasteiger partial charge < -0.3 is 5.11 Å². The Morgan fingerprint density at radius 2 is 2.25 bits per heavy atom. The second-order valence-corrected chi connectivity index (χ2v) is 4.62. The van der Waals surface area contributed by atoms with Gasteiger partial charge in [-0.1, -0.05) is 24.9 Å². The summed E-state index contributed by atoms with van der Waals surface area (Å²) in [5.74, 6) is -1.43. The molecular formula is C11H11BrClFO2. The van der Waals surface area contributed by atoms with Crippen LogP contribution in [-0.2, 0) is 0 Å². The van der Waals surface area contributed by atoms with Crippen LogP contribution >= 0.6 is 27.5 Å². The minimum absolute atomic E-state index is 0.144. The summed E-state index contributed by atoms with van der Waals surface area (Å²) in [7, 11) is 0. The van der Waals surface area contributed by atoms with E-state index < -0.39 is 17.7 Å². The minimum atomic E-state index is -1.17. The Bertz CT molecular complexity index is 409. The van der Waals surface area contributed by atoms with E-state index in [9.17, 15) is 14.3 Å². The molecule has 2 nitrogen and oxygen atoms in total. The molecule has 0 radical (unpaired) electrons. The van der Waals surface area contributed by atoms with Gasteiger partial charge in [0.05, 0.1) is 10.6 Å². The average molecular weight is 310 g/mol. The summed E-state index contributed by atoms with van der Waals surface area (Å²) in [6.45, 7) is 1.83. The maximum Gasteiger partial charge on any atom is 0.194 e. The summed E-state index contributed by atoms with van der Waals surface area (Å²) in [4.78, 5) is 11.7. The molecule has 1 N–H and O–H groups in total. The molecule has 0 aromatic heterocycles. The maximum atomic E-state index is 13.6. The van der Waals surface area contributed by atoms with Crippen LogP contribution in [0.25, 0.3) is 0 Å². The van der Waals surface area contributed by atoms with E-state index >= 15 is 0 Å². The average Bonchev–Trinajstić information content (AvgIpc) is 2.26. The van der Waals surface area contributed by atoms with Crippen molar-refractivity contribution in [3.05, 3.63) is 33.0 Å². The molecule has 0 aliphatic rings. The predicted molar refractivity (Wildman–Crippen MR) is 64.4 cm³/mol. The van der Waals surface area contributed by atoms with Crippen molar-refractivity contribution >= 4 is 33.3 Å². The number of hydrogen-bond donors (Lipinski definition) is 1. The van der Waals surface area contributed by atoms with Crippen molar-refractivity contribution in [1.82, 2.24) is 0 Å². The Labute approximate surface area is 107 Å². The fourth-order valence-corrected chi connectivity index (χ4v) is 1.77. The zero-order valence-corrected chi connectivity index (χ0v) is 11.0. The van der Waals surface area contributed by atoms with E-state index in [4.69, 9.17) is 11.6 Å². The quantitative estimate of drug-likeness (QED) is 0.682. The smallest absolute Gasteiger partial charge is 0.194 e. The van der Waals surface area contributed by atoms with Gasteiger partial charge in [-0.3, -0.25) is 4.79 Å². The molecule has 0 fully saturated rings. The first kappa shape index (κ1) is 13.6. The van der Waals surface area contributed by atoms with Crippen LogP contribution in [0.5, 0.6) is 0 Å². The number of aliphatic hydroxyl groups is 1.